The van der Waals surface area contributed by atoms with Crippen LogP contribution in [0.15, 0.2) is 42.5 Å². The molecule has 2 aromatic carbocycles. The molecule has 2 rings (SSSR count). The van der Waals surface area contributed by atoms with Gasteiger partial charge < -0.3 is 15.2 Å². The van der Waals surface area contributed by atoms with Crippen LogP contribution in [0.4, 0.5) is 4.39 Å². The third kappa shape index (κ3) is 3.27. The smallest absolute Gasteiger partial charge is 0.169 e. The van der Waals surface area contributed by atoms with Crippen LogP contribution in [0.25, 0.3) is 0 Å². The highest BCUT2D eigenvalue weighted by molar-refractivity contribution is 5.45. The van der Waals surface area contributed by atoms with E-state index in [1.54, 1.807) is 18.2 Å². The summed E-state index contributed by atoms with van der Waals surface area (Å²) in [5, 5.41) is 0. The molecule has 0 aromatic heterocycles. The second-order valence-corrected chi connectivity index (χ2v) is 4.32. The van der Waals surface area contributed by atoms with Gasteiger partial charge in [0, 0.05) is 12.1 Å². The molecule has 0 heterocycles. The van der Waals surface area contributed by atoms with Gasteiger partial charge in [-0.3, -0.25) is 0 Å². The van der Waals surface area contributed by atoms with Crippen LogP contribution in [0, 0.1) is 5.82 Å². The van der Waals surface area contributed by atoms with Crippen LogP contribution in [0.5, 0.6) is 17.2 Å². The molecule has 2 N–H and O–H groups in total. The molecule has 4 heteroatoms. The molecule has 106 valence electrons. The Bertz CT molecular complexity index is 572. The number of nitrogens with two attached hydrogens (primary N) is 1. The van der Waals surface area contributed by atoms with Crippen molar-refractivity contribution in [3.05, 3.63) is 53.8 Å². The predicted molar refractivity (Wildman–Crippen MR) is 76.6 cm³/mol. The molecule has 0 aliphatic heterocycles. The molecule has 0 fully saturated rings. The average Bonchev–Trinajstić information content (AvgIpc) is 2.47. The SMILES string of the molecule is CCCOc1ccccc1Oc1cccc(F)c1CN. The zero-order valence-electron chi connectivity index (χ0n) is 11.4. The quantitative estimate of drug-likeness (QED) is 0.870. The van der Waals surface area contributed by atoms with Crippen molar-refractivity contribution < 1.29 is 13.9 Å². The molecular weight excluding hydrogens is 257 g/mol. The van der Waals surface area contributed by atoms with Crippen molar-refractivity contribution in [1.82, 2.24) is 0 Å². The van der Waals surface area contributed by atoms with E-state index in [9.17, 15) is 4.39 Å². The molecule has 0 atom stereocenters. The van der Waals surface area contributed by atoms with Gasteiger partial charge in [0.2, 0.25) is 0 Å². The van der Waals surface area contributed by atoms with Crippen molar-refractivity contribution in [2.75, 3.05) is 6.61 Å². The third-order valence-electron chi connectivity index (χ3n) is 2.81. The van der Waals surface area contributed by atoms with Gasteiger partial charge in [0.15, 0.2) is 11.5 Å². The van der Waals surface area contributed by atoms with Gasteiger partial charge in [-0.15, -0.1) is 0 Å². The van der Waals surface area contributed by atoms with E-state index < -0.39 is 0 Å². The first-order valence-electron chi connectivity index (χ1n) is 6.63. The molecular formula is C16H18FNO2. The van der Waals surface area contributed by atoms with Crippen molar-refractivity contribution >= 4 is 0 Å². The number of hydrogen-bond donors (Lipinski definition) is 1. The highest BCUT2D eigenvalue weighted by Gasteiger charge is 2.11. The van der Waals surface area contributed by atoms with Gasteiger partial charge in [-0.25, -0.2) is 4.39 Å². The van der Waals surface area contributed by atoms with Gasteiger partial charge in [-0.1, -0.05) is 25.1 Å². The van der Waals surface area contributed by atoms with Gasteiger partial charge in [0.05, 0.1) is 6.61 Å². The van der Waals surface area contributed by atoms with Crippen LogP contribution in [0.3, 0.4) is 0 Å². The Morgan fingerprint density at radius 3 is 2.40 bits per heavy atom. The number of benzene rings is 2. The fraction of sp³-hybridized carbons (Fsp3) is 0.250. The molecule has 20 heavy (non-hydrogen) atoms. The topological polar surface area (TPSA) is 44.5 Å². The monoisotopic (exact) mass is 275 g/mol. The standard InChI is InChI=1S/C16H18FNO2/c1-2-10-19-15-7-3-4-8-16(15)20-14-9-5-6-13(17)12(14)11-18/h3-9H,2,10-11,18H2,1H3. The minimum absolute atomic E-state index is 0.0833. The second kappa shape index (κ2) is 6.91. The van der Waals surface area contributed by atoms with Gasteiger partial charge in [-0.05, 0) is 30.7 Å². The largest absolute Gasteiger partial charge is 0.490 e. The molecule has 0 spiro atoms. The number of hydrogen-bond acceptors (Lipinski definition) is 3. The average molecular weight is 275 g/mol. The summed E-state index contributed by atoms with van der Waals surface area (Å²) in [4.78, 5) is 0. The Balaban J connectivity index is 2.28. The Labute approximate surface area is 118 Å². The molecule has 0 aliphatic rings. The van der Waals surface area contributed by atoms with E-state index in [1.807, 2.05) is 25.1 Å². The summed E-state index contributed by atoms with van der Waals surface area (Å²) >= 11 is 0. The van der Waals surface area contributed by atoms with E-state index in [2.05, 4.69) is 0 Å². The van der Waals surface area contributed by atoms with E-state index in [1.165, 1.54) is 6.07 Å². The first kappa shape index (κ1) is 14.3. The van der Waals surface area contributed by atoms with Crippen LogP contribution < -0.4 is 15.2 Å². The van der Waals surface area contributed by atoms with Gasteiger partial charge in [-0.2, -0.15) is 0 Å². The molecule has 3 nitrogen and oxygen atoms in total. The summed E-state index contributed by atoms with van der Waals surface area (Å²) in [7, 11) is 0. The minimum Gasteiger partial charge on any atom is -0.490 e. The van der Waals surface area contributed by atoms with E-state index in [0.717, 1.165) is 6.42 Å². The van der Waals surface area contributed by atoms with Crippen molar-refractivity contribution in [2.45, 2.75) is 19.9 Å². The fourth-order valence-electron chi connectivity index (χ4n) is 1.82. The number of halogens is 1. The van der Waals surface area contributed by atoms with Crippen molar-refractivity contribution in [1.29, 1.82) is 0 Å². The van der Waals surface area contributed by atoms with Crippen molar-refractivity contribution in [2.24, 2.45) is 5.73 Å². The summed E-state index contributed by atoms with van der Waals surface area (Å²) in [5.41, 5.74) is 5.93. The normalized spacial score (nSPS) is 10.3. The van der Waals surface area contributed by atoms with Crippen LogP contribution in [0.1, 0.15) is 18.9 Å². The lowest BCUT2D eigenvalue weighted by Gasteiger charge is -2.14. The maximum Gasteiger partial charge on any atom is 0.169 e. The first-order chi connectivity index (χ1) is 9.76. The highest BCUT2D eigenvalue weighted by atomic mass is 19.1. The molecule has 0 unspecified atom stereocenters. The Morgan fingerprint density at radius 1 is 1.00 bits per heavy atom. The Hall–Kier alpha value is -2.07. The Kier molecular flexibility index (Phi) is 4.96. The summed E-state index contributed by atoms with van der Waals surface area (Å²) in [6, 6.07) is 12.0. The lowest BCUT2D eigenvalue weighted by molar-refractivity contribution is 0.301. The zero-order chi connectivity index (χ0) is 14.4. The maximum absolute atomic E-state index is 13.7. The summed E-state index contributed by atoms with van der Waals surface area (Å²) < 4.78 is 25.0. The van der Waals surface area contributed by atoms with Crippen molar-refractivity contribution in [3.8, 4) is 17.2 Å². The maximum atomic E-state index is 13.7. The minimum atomic E-state index is -0.364. The summed E-state index contributed by atoms with van der Waals surface area (Å²) in [6.07, 6.45) is 0.905. The third-order valence-corrected chi connectivity index (χ3v) is 2.81. The molecule has 2 aromatic rings. The van der Waals surface area contributed by atoms with E-state index in [4.69, 9.17) is 15.2 Å². The van der Waals surface area contributed by atoms with Gasteiger partial charge in [0.1, 0.15) is 11.6 Å². The number of ether oxygens (including phenoxy) is 2. The van der Waals surface area contributed by atoms with Gasteiger partial charge in [0.25, 0.3) is 0 Å². The number of para-hydroxylation sites is 2. The van der Waals surface area contributed by atoms with Gasteiger partial charge >= 0.3 is 0 Å². The lowest BCUT2D eigenvalue weighted by atomic mass is 10.2. The van der Waals surface area contributed by atoms with E-state index >= 15 is 0 Å². The van der Waals surface area contributed by atoms with Crippen LogP contribution >= 0.6 is 0 Å². The molecule has 0 aliphatic carbocycles. The lowest BCUT2D eigenvalue weighted by Crippen LogP contribution is -2.03. The highest BCUT2D eigenvalue weighted by Crippen LogP contribution is 2.33. The second-order valence-electron chi connectivity index (χ2n) is 4.32. The fourth-order valence-corrected chi connectivity index (χ4v) is 1.82. The summed E-state index contributed by atoms with van der Waals surface area (Å²) in [6.45, 7) is 2.72. The van der Waals surface area contributed by atoms with Crippen LogP contribution in [-0.2, 0) is 6.54 Å². The van der Waals surface area contributed by atoms with Crippen LogP contribution in [0.2, 0.25) is 0 Å². The summed E-state index contributed by atoms with van der Waals surface area (Å²) in [5.74, 6) is 1.25. The molecule has 0 radical (unpaired) electrons. The number of rotatable bonds is 6. The molecule has 0 bridgehead atoms. The molecule has 0 saturated heterocycles. The molecule has 0 saturated carbocycles. The zero-order valence-corrected chi connectivity index (χ0v) is 11.4. The first-order valence-corrected chi connectivity index (χ1v) is 6.63. The molecule has 0 amide bonds. The van der Waals surface area contributed by atoms with Crippen molar-refractivity contribution in [3.63, 3.8) is 0 Å². The van der Waals surface area contributed by atoms with E-state index in [-0.39, 0.29) is 12.4 Å². The van der Waals surface area contributed by atoms with E-state index in [0.29, 0.717) is 29.4 Å². The van der Waals surface area contributed by atoms with Crippen LogP contribution in [-0.4, -0.2) is 6.61 Å². The Morgan fingerprint density at radius 2 is 1.70 bits per heavy atom. The predicted octanol–water partition coefficient (Wildman–Crippen LogP) is 3.87.